The summed E-state index contributed by atoms with van der Waals surface area (Å²) >= 11 is 4.85. The van der Waals surface area contributed by atoms with Gasteiger partial charge in [-0.15, -0.1) is 0 Å². The van der Waals surface area contributed by atoms with Gasteiger partial charge in [0.15, 0.2) is 0 Å². The smallest absolute Gasteiger partial charge is 0.0698 e. The zero-order chi connectivity index (χ0) is 5.28. The predicted octanol–water partition coefficient (Wildman–Crippen LogP) is 1.83. The second-order valence-corrected chi connectivity index (χ2v) is 6.70. The molecule has 0 amide bonds. The Kier molecular flexibility index (Phi) is 2.63. The van der Waals surface area contributed by atoms with Crippen LogP contribution in [0.1, 0.15) is 0 Å². The first-order valence-electron chi connectivity index (χ1n) is 2.16. The fraction of sp³-hybridized carbons (Fsp3) is 1.00. The summed E-state index contributed by atoms with van der Waals surface area (Å²) in [6.45, 7) is 1.97. The number of rotatable bonds is 1. The van der Waals surface area contributed by atoms with Crippen molar-refractivity contribution in [2.75, 3.05) is 13.2 Å². The first-order valence-corrected chi connectivity index (χ1v) is 4.65. The van der Waals surface area contributed by atoms with Crippen molar-refractivity contribution in [2.45, 2.75) is 1.93 Å². The van der Waals surface area contributed by atoms with Crippen LogP contribution in [0.3, 0.4) is 0 Å². The second kappa shape index (κ2) is 2.82. The van der Waals surface area contributed by atoms with E-state index in [0.29, 0.717) is 0 Å². The Morgan fingerprint density at radius 2 is 2.00 bits per heavy atom. The van der Waals surface area contributed by atoms with E-state index >= 15 is 0 Å². The maximum atomic E-state index is 4.99. The molecule has 1 saturated heterocycles. The molecule has 0 bridgehead atoms. The van der Waals surface area contributed by atoms with Crippen molar-refractivity contribution in [3.8, 4) is 0 Å². The van der Waals surface area contributed by atoms with Gasteiger partial charge in [0.2, 0.25) is 0 Å². The number of alkyl halides is 2. The minimum Gasteiger partial charge on any atom is -0.381 e. The van der Waals surface area contributed by atoms with Crippen LogP contribution in [0.25, 0.3) is 0 Å². The van der Waals surface area contributed by atoms with Gasteiger partial charge in [0, 0.05) is 5.92 Å². The van der Waals surface area contributed by atoms with Gasteiger partial charge in [0.05, 0.1) is 15.1 Å². The second-order valence-electron chi connectivity index (χ2n) is 1.63. The number of hydrogen-bond donors (Lipinski definition) is 0. The zero-order valence-electron chi connectivity index (χ0n) is 3.73. The Balaban J connectivity index is 2.14. The molecule has 1 aliphatic rings. The summed E-state index contributed by atoms with van der Waals surface area (Å²) in [5.74, 6) is 0.834. The van der Waals surface area contributed by atoms with Gasteiger partial charge in [-0.3, -0.25) is 0 Å². The van der Waals surface area contributed by atoms with Crippen molar-refractivity contribution in [3.05, 3.63) is 0 Å². The maximum absolute atomic E-state index is 4.99. The van der Waals surface area contributed by atoms with Crippen LogP contribution in [-0.2, 0) is 4.74 Å². The average Bonchev–Trinajstić information content (AvgIpc) is 1.23. The van der Waals surface area contributed by atoms with Gasteiger partial charge in [-0.1, -0.05) is 45.2 Å². The number of hydrogen-bond acceptors (Lipinski definition) is 1. The van der Waals surface area contributed by atoms with Gasteiger partial charge in [-0.2, -0.15) is 0 Å². The Labute approximate surface area is 70.5 Å². The van der Waals surface area contributed by atoms with Crippen molar-refractivity contribution in [2.24, 2.45) is 5.92 Å². The number of ether oxygens (including phenoxy) is 1. The molecule has 0 saturated carbocycles. The summed E-state index contributed by atoms with van der Waals surface area (Å²) in [5, 5.41) is 0. The van der Waals surface area contributed by atoms with E-state index in [1.54, 1.807) is 0 Å². The fourth-order valence-corrected chi connectivity index (χ4v) is 1.23. The monoisotopic (exact) mass is 324 g/mol. The Morgan fingerprint density at radius 1 is 1.43 bits per heavy atom. The minimum atomic E-state index is 0.768. The van der Waals surface area contributed by atoms with E-state index in [9.17, 15) is 0 Å². The summed E-state index contributed by atoms with van der Waals surface area (Å²) < 4.78 is 5.75. The lowest BCUT2D eigenvalue weighted by molar-refractivity contribution is -0.0201. The Hall–Kier alpha value is 1.42. The molecular formula is C4H6I2O. The van der Waals surface area contributed by atoms with E-state index in [1.165, 1.54) is 0 Å². The van der Waals surface area contributed by atoms with E-state index in [4.69, 9.17) is 4.74 Å². The van der Waals surface area contributed by atoms with E-state index in [0.717, 1.165) is 21.1 Å². The molecule has 42 valence electrons. The van der Waals surface area contributed by atoms with Gasteiger partial charge in [0.25, 0.3) is 0 Å². The highest BCUT2D eigenvalue weighted by Gasteiger charge is 2.23. The molecule has 0 N–H and O–H groups in total. The third-order valence-electron chi connectivity index (χ3n) is 1.02. The molecule has 0 aromatic carbocycles. The average molecular weight is 324 g/mol. The van der Waals surface area contributed by atoms with Crippen LogP contribution in [0.4, 0.5) is 0 Å². The molecule has 0 aliphatic carbocycles. The first-order chi connectivity index (χ1) is 3.30. The van der Waals surface area contributed by atoms with Gasteiger partial charge in [-0.05, 0) is 0 Å². The summed E-state index contributed by atoms with van der Waals surface area (Å²) in [6, 6.07) is 0. The molecule has 0 aromatic rings. The SMILES string of the molecule is IC(I)C1COC1. The molecule has 1 heterocycles. The molecule has 7 heavy (non-hydrogen) atoms. The Morgan fingerprint density at radius 3 is 2.00 bits per heavy atom. The fourth-order valence-electron chi connectivity index (χ4n) is 0.399. The molecule has 1 rings (SSSR count). The highest BCUT2D eigenvalue weighted by molar-refractivity contribution is 14.2. The predicted molar refractivity (Wildman–Crippen MR) is 46.1 cm³/mol. The van der Waals surface area contributed by atoms with Crippen molar-refractivity contribution >= 4 is 45.2 Å². The molecule has 0 radical (unpaired) electrons. The molecule has 0 aromatic heterocycles. The first kappa shape index (κ1) is 6.54. The van der Waals surface area contributed by atoms with Crippen molar-refractivity contribution in [1.29, 1.82) is 0 Å². The molecule has 1 aliphatic heterocycles. The Bertz CT molecular complexity index is 60.7. The topological polar surface area (TPSA) is 9.23 Å². The van der Waals surface area contributed by atoms with Crippen LogP contribution in [0, 0.1) is 5.92 Å². The highest BCUT2D eigenvalue weighted by atomic mass is 127. The molecule has 3 heteroatoms. The van der Waals surface area contributed by atoms with Crippen LogP contribution in [0.2, 0.25) is 0 Å². The largest absolute Gasteiger partial charge is 0.381 e. The molecular weight excluding hydrogens is 318 g/mol. The minimum absolute atomic E-state index is 0.768. The van der Waals surface area contributed by atoms with Crippen LogP contribution < -0.4 is 0 Å². The van der Waals surface area contributed by atoms with Crippen LogP contribution in [-0.4, -0.2) is 15.1 Å². The third-order valence-corrected chi connectivity index (χ3v) is 3.05. The number of halogens is 2. The molecule has 1 nitrogen and oxygen atoms in total. The van der Waals surface area contributed by atoms with Crippen LogP contribution in [0.15, 0.2) is 0 Å². The lowest BCUT2D eigenvalue weighted by atomic mass is 10.2. The summed E-state index contributed by atoms with van der Waals surface area (Å²) in [6.07, 6.45) is 0. The molecule has 0 unspecified atom stereocenters. The lowest BCUT2D eigenvalue weighted by Gasteiger charge is -2.26. The van der Waals surface area contributed by atoms with Crippen molar-refractivity contribution in [1.82, 2.24) is 0 Å². The van der Waals surface area contributed by atoms with Gasteiger partial charge >= 0.3 is 0 Å². The summed E-state index contributed by atoms with van der Waals surface area (Å²) in [4.78, 5) is 0. The standard InChI is InChI=1S/C4H6I2O/c5-4(6)3-1-7-2-3/h3-4H,1-2H2. The van der Waals surface area contributed by atoms with E-state index in [2.05, 4.69) is 45.2 Å². The highest BCUT2D eigenvalue weighted by Crippen LogP contribution is 2.26. The zero-order valence-corrected chi connectivity index (χ0v) is 8.05. The third kappa shape index (κ3) is 1.67. The van der Waals surface area contributed by atoms with Gasteiger partial charge in [0.1, 0.15) is 0 Å². The quantitative estimate of drug-likeness (QED) is 0.528. The van der Waals surface area contributed by atoms with Crippen LogP contribution in [0.5, 0.6) is 0 Å². The van der Waals surface area contributed by atoms with Crippen molar-refractivity contribution < 1.29 is 4.74 Å². The van der Waals surface area contributed by atoms with E-state index < -0.39 is 0 Å². The van der Waals surface area contributed by atoms with Gasteiger partial charge < -0.3 is 4.74 Å². The summed E-state index contributed by atoms with van der Waals surface area (Å²) in [5.41, 5.74) is 0. The molecule has 0 atom stereocenters. The van der Waals surface area contributed by atoms with Crippen LogP contribution >= 0.6 is 45.2 Å². The van der Waals surface area contributed by atoms with Crippen molar-refractivity contribution in [3.63, 3.8) is 0 Å². The molecule has 0 spiro atoms. The summed E-state index contributed by atoms with van der Waals surface area (Å²) in [7, 11) is 0. The normalized spacial score (nSPS) is 22.7. The van der Waals surface area contributed by atoms with E-state index in [-0.39, 0.29) is 0 Å². The van der Waals surface area contributed by atoms with E-state index in [1.807, 2.05) is 0 Å². The molecule has 1 fully saturated rings. The van der Waals surface area contributed by atoms with Gasteiger partial charge in [-0.25, -0.2) is 0 Å². The maximum Gasteiger partial charge on any atom is 0.0698 e. The lowest BCUT2D eigenvalue weighted by Crippen LogP contribution is -2.31.